The number of amides is 2. The van der Waals surface area contributed by atoms with Crippen molar-refractivity contribution < 1.29 is 24.2 Å². The van der Waals surface area contributed by atoms with E-state index in [0.29, 0.717) is 33.5 Å². The number of azo groups is 1. The Balaban J connectivity index is 1.75. The second-order valence-electron chi connectivity index (χ2n) is 8.12. The Hall–Kier alpha value is -4.88. The van der Waals surface area contributed by atoms with Gasteiger partial charge in [0.1, 0.15) is 5.70 Å². The van der Waals surface area contributed by atoms with Gasteiger partial charge in [0.2, 0.25) is 5.88 Å². The molecule has 0 fully saturated rings. The Morgan fingerprint density at radius 1 is 1.08 bits per heavy atom. The molecule has 0 spiro atoms. The molecule has 2 N–H and O–H groups in total. The monoisotopic (exact) mass is 586 g/mol. The maximum absolute atomic E-state index is 13.3. The minimum atomic E-state index is -0.846. The summed E-state index contributed by atoms with van der Waals surface area (Å²) < 4.78 is 12.8. The quantitative estimate of drug-likeness (QED) is 0.153. The number of benzene rings is 3. The molecule has 0 radical (unpaired) electrons. The lowest BCUT2D eigenvalue weighted by Crippen LogP contribution is -2.26. The Labute approximate surface area is 232 Å². The zero-order valence-electron chi connectivity index (χ0n) is 21.0. The van der Waals surface area contributed by atoms with Gasteiger partial charge >= 0.3 is 5.91 Å². The number of terminal acetylenes is 1. The zero-order valence-corrected chi connectivity index (χ0v) is 22.6. The summed E-state index contributed by atoms with van der Waals surface area (Å²) >= 11 is 3.40. The second-order valence-corrected chi connectivity index (χ2v) is 9.04. The number of hydrogen-bond acceptors (Lipinski definition) is 6. The molecule has 0 aliphatic rings. The van der Waals surface area contributed by atoms with E-state index in [4.69, 9.17) is 15.9 Å². The van der Waals surface area contributed by atoms with E-state index < -0.39 is 11.8 Å². The maximum Gasteiger partial charge on any atom is 0.311 e. The van der Waals surface area contributed by atoms with Gasteiger partial charge in [-0.3, -0.25) is 14.2 Å². The molecule has 0 aliphatic heterocycles. The molecule has 196 valence electrons. The van der Waals surface area contributed by atoms with E-state index in [1.165, 1.54) is 24.9 Å². The smallest absolute Gasteiger partial charge is 0.311 e. The van der Waals surface area contributed by atoms with Crippen LogP contribution in [0.25, 0.3) is 17.0 Å². The predicted octanol–water partition coefficient (Wildman–Crippen LogP) is 5.84. The van der Waals surface area contributed by atoms with Crippen molar-refractivity contribution in [1.82, 2.24) is 9.88 Å². The molecule has 9 nitrogen and oxygen atoms in total. The fourth-order valence-electron chi connectivity index (χ4n) is 3.84. The van der Waals surface area contributed by atoms with E-state index in [-0.39, 0.29) is 23.8 Å². The molecule has 0 bridgehead atoms. The van der Waals surface area contributed by atoms with Crippen molar-refractivity contribution in [3.05, 3.63) is 88.0 Å². The number of nitrogens with one attached hydrogen (secondary N) is 1. The van der Waals surface area contributed by atoms with Crippen molar-refractivity contribution in [3.8, 4) is 29.7 Å². The van der Waals surface area contributed by atoms with E-state index >= 15 is 0 Å². The van der Waals surface area contributed by atoms with Gasteiger partial charge in [-0.1, -0.05) is 46.1 Å². The van der Waals surface area contributed by atoms with Gasteiger partial charge in [-0.2, -0.15) is 0 Å². The first-order chi connectivity index (χ1) is 18.9. The molecule has 1 aromatic heterocycles. The van der Waals surface area contributed by atoms with Crippen molar-refractivity contribution >= 4 is 50.4 Å². The number of methoxy groups -OCH3 is 2. The second kappa shape index (κ2) is 12.1. The van der Waals surface area contributed by atoms with Crippen LogP contribution in [0.15, 0.2) is 87.1 Å². The Bertz CT molecular complexity index is 1650. The first kappa shape index (κ1) is 27.2. The molecule has 0 aliphatic carbocycles. The van der Waals surface area contributed by atoms with Crippen LogP contribution in [-0.4, -0.2) is 35.7 Å². The molecule has 39 heavy (non-hydrogen) atoms. The first-order valence-electron chi connectivity index (χ1n) is 11.6. The van der Waals surface area contributed by atoms with Crippen LogP contribution in [0.4, 0.5) is 5.69 Å². The summed E-state index contributed by atoms with van der Waals surface area (Å²) in [6.45, 7) is 0.0883. The Morgan fingerprint density at radius 3 is 2.51 bits per heavy atom. The Morgan fingerprint density at radius 2 is 1.82 bits per heavy atom. The van der Waals surface area contributed by atoms with Crippen molar-refractivity contribution in [3.63, 3.8) is 0 Å². The van der Waals surface area contributed by atoms with Gasteiger partial charge in [0.15, 0.2) is 17.2 Å². The van der Waals surface area contributed by atoms with E-state index in [1.807, 2.05) is 0 Å². The highest BCUT2D eigenvalue weighted by atomic mass is 79.9. The van der Waals surface area contributed by atoms with Crippen LogP contribution in [-0.2, 0) is 11.3 Å². The van der Waals surface area contributed by atoms with E-state index in [2.05, 4.69) is 37.4 Å². The van der Waals surface area contributed by atoms with E-state index in [0.717, 1.165) is 4.47 Å². The van der Waals surface area contributed by atoms with Gasteiger partial charge in [0.05, 0.1) is 26.3 Å². The fraction of sp³-hybridized carbons (Fsp3) is 0.103. The van der Waals surface area contributed by atoms with Crippen LogP contribution in [0, 0.1) is 12.3 Å². The lowest BCUT2D eigenvalue weighted by atomic mass is 10.1. The topological polar surface area (TPSA) is 115 Å². The number of aromatic nitrogens is 1. The average Bonchev–Trinajstić information content (AvgIpc) is 3.21. The average molecular weight is 587 g/mol. The number of rotatable bonds is 8. The molecule has 0 atom stereocenters. The summed E-state index contributed by atoms with van der Waals surface area (Å²) in [5, 5.41) is 21.8. The SMILES string of the molecule is C#CCn1c(O)c(N=NC(=O)C(=Cc2ccc(OC)c(OC)c2)NC(=O)c2ccccc2)c2cc(Br)ccc21. The number of nitrogens with zero attached hydrogens (tertiary/aromatic N) is 3. The molecular formula is C29H23BrN4O5. The van der Waals surface area contributed by atoms with Crippen molar-refractivity contribution in [1.29, 1.82) is 0 Å². The predicted molar refractivity (Wildman–Crippen MR) is 151 cm³/mol. The van der Waals surface area contributed by atoms with Crippen molar-refractivity contribution in [2.75, 3.05) is 14.2 Å². The van der Waals surface area contributed by atoms with Crippen LogP contribution in [0.3, 0.4) is 0 Å². The summed E-state index contributed by atoms with van der Waals surface area (Å²) in [7, 11) is 3.00. The molecular weight excluding hydrogens is 564 g/mol. The zero-order chi connectivity index (χ0) is 27.9. The molecule has 4 aromatic rings. The van der Waals surface area contributed by atoms with Crippen molar-refractivity contribution in [2.24, 2.45) is 10.2 Å². The summed E-state index contributed by atoms with van der Waals surface area (Å²) in [5.74, 6) is 1.83. The molecule has 4 rings (SSSR count). The van der Waals surface area contributed by atoms with E-state index in [9.17, 15) is 14.7 Å². The van der Waals surface area contributed by atoms with Gasteiger partial charge in [-0.25, -0.2) is 0 Å². The molecule has 0 saturated heterocycles. The highest BCUT2D eigenvalue weighted by Gasteiger charge is 2.19. The lowest BCUT2D eigenvalue weighted by Gasteiger charge is -2.10. The third kappa shape index (κ3) is 6.00. The number of hydrogen-bond donors (Lipinski definition) is 2. The van der Waals surface area contributed by atoms with Gasteiger partial charge in [0, 0.05) is 15.4 Å². The van der Waals surface area contributed by atoms with Crippen LogP contribution in [0.2, 0.25) is 0 Å². The van der Waals surface area contributed by atoms with Gasteiger partial charge < -0.3 is 19.9 Å². The Kier molecular flexibility index (Phi) is 8.43. The van der Waals surface area contributed by atoms with Gasteiger partial charge in [0.25, 0.3) is 5.91 Å². The minimum absolute atomic E-state index is 0.0646. The highest BCUT2D eigenvalue weighted by Crippen LogP contribution is 2.40. The first-order valence-corrected chi connectivity index (χ1v) is 12.4. The van der Waals surface area contributed by atoms with Gasteiger partial charge in [-0.15, -0.1) is 16.7 Å². The molecule has 10 heteroatoms. The summed E-state index contributed by atoms with van der Waals surface area (Å²) in [6.07, 6.45) is 6.91. The number of carbonyl (C=O) groups excluding carboxylic acids is 2. The standard InChI is InChI=1S/C29H23BrN4O5/c1-4-14-34-23-12-11-20(30)17-21(23)26(29(34)37)32-33-28(36)22(31-27(35)19-8-6-5-7-9-19)15-18-10-13-24(38-2)25(16-18)39-3/h1,5-13,15-17,37H,14H2,2-3H3,(H,31,35). The van der Waals surface area contributed by atoms with E-state index in [1.54, 1.807) is 66.7 Å². The lowest BCUT2D eigenvalue weighted by molar-refractivity contribution is -0.115. The van der Waals surface area contributed by atoms with Crippen molar-refractivity contribution in [2.45, 2.75) is 6.54 Å². The highest BCUT2D eigenvalue weighted by molar-refractivity contribution is 9.10. The molecule has 3 aromatic carbocycles. The molecule has 0 saturated carbocycles. The minimum Gasteiger partial charge on any atom is -0.493 e. The van der Waals surface area contributed by atoms with Gasteiger partial charge in [-0.05, 0) is 54.1 Å². The van der Waals surface area contributed by atoms with Crippen LogP contribution >= 0.6 is 15.9 Å². The number of ether oxygens (including phenoxy) is 2. The molecule has 0 unspecified atom stereocenters. The number of aromatic hydroxyl groups is 1. The molecule has 1 heterocycles. The number of halogens is 1. The largest absolute Gasteiger partial charge is 0.493 e. The van der Waals surface area contributed by atoms with Crippen LogP contribution in [0.5, 0.6) is 17.4 Å². The van der Waals surface area contributed by atoms with Crippen LogP contribution < -0.4 is 14.8 Å². The van der Waals surface area contributed by atoms with Crippen LogP contribution in [0.1, 0.15) is 15.9 Å². The summed E-state index contributed by atoms with van der Waals surface area (Å²) in [4.78, 5) is 26.2. The third-order valence-electron chi connectivity index (χ3n) is 5.70. The summed E-state index contributed by atoms with van der Waals surface area (Å²) in [5.41, 5.74) is 1.42. The number of carbonyl (C=O) groups is 2. The molecule has 2 amide bonds. The normalized spacial score (nSPS) is 11.4. The summed E-state index contributed by atoms with van der Waals surface area (Å²) in [6, 6.07) is 18.7. The fourth-order valence-corrected chi connectivity index (χ4v) is 4.20. The third-order valence-corrected chi connectivity index (χ3v) is 6.19. The number of fused-ring (bicyclic) bond motifs is 1. The maximum atomic E-state index is 13.3.